The number of hydrogen-bond donors (Lipinski definition) is 0. The van der Waals surface area contributed by atoms with Gasteiger partial charge in [-0.3, -0.25) is 10.1 Å². The predicted molar refractivity (Wildman–Crippen MR) is 85.3 cm³/mol. The lowest BCUT2D eigenvalue weighted by Crippen LogP contribution is -1.94. The number of benzene rings is 2. The van der Waals surface area contributed by atoms with Crippen LogP contribution in [0.1, 0.15) is 5.76 Å². The third-order valence-corrected chi connectivity index (χ3v) is 3.59. The van der Waals surface area contributed by atoms with Crippen LogP contribution in [-0.2, 0) is 0 Å². The van der Waals surface area contributed by atoms with Crippen LogP contribution in [0.15, 0.2) is 53.1 Å². The third kappa shape index (κ3) is 2.55. The Balaban J connectivity index is 2.28. The Labute approximate surface area is 132 Å². The van der Waals surface area contributed by atoms with Gasteiger partial charge >= 0.3 is 0 Å². The van der Waals surface area contributed by atoms with Crippen LogP contribution in [0.4, 0.5) is 5.69 Å². The van der Waals surface area contributed by atoms with E-state index in [-0.39, 0.29) is 5.69 Å². The summed E-state index contributed by atoms with van der Waals surface area (Å²) in [5, 5.41) is 15.4. The number of nitrogens with zero attached hydrogens (tertiary/aromatic N) is 2. The average Bonchev–Trinajstić information content (AvgIpc) is 2.96. The maximum atomic E-state index is 11.3. The topological polar surface area (TPSA) is 78.4 Å². The molecule has 0 unspecified atom stereocenters. The van der Waals surface area contributed by atoms with E-state index >= 15 is 0 Å². The van der Waals surface area contributed by atoms with Crippen molar-refractivity contribution in [2.24, 2.45) is 0 Å². The molecule has 1 aromatic heterocycles. The molecular formula is C17H14N2O4. The van der Waals surface area contributed by atoms with E-state index in [0.717, 1.165) is 5.56 Å². The second-order valence-corrected chi connectivity index (χ2v) is 4.94. The number of nitro benzene ring substituents is 1. The van der Waals surface area contributed by atoms with Crippen LogP contribution in [0.25, 0.3) is 22.4 Å². The van der Waals surface area contributed by atoms with Gasteiger partial charge in [-0.25, -0.2) is 0 Å². The van der Waals surface area contributed by atoms with E-state index in [9.17, 15) is 10.1 Å². The van der Waals surface area contributed by atoms with Gasteiger partial charge in [0.2, 0.25) is 0 Å². The van der Waals surface area contributed by atoms with Crippen molar-refractivity contribution < 1.29 is 14.2 Å². The van der Waals surface area contributed by atoms with Gasteiger partial charge in [0.15, 0.2) is 0 Å². The molecule has 0 fully saturated rings. The summed E-state index contributed by atoms with van der Waals surface area (Å²) in [4.78, 5) is 10.9. The summed E-state index contributed by atoms with van der Waals surface area (Å²) in [6.07, 6.45) is 0. The Kier molecular flexibility index (Phi) is 3.80. The number of rotatable bonds is 4. The largest absolute Gasteiger partial charge is 0.496 e. The number of ether oxygens (including phenoxy) is 1. The van der Waals surface area contributed by atoms with Gasteiger partial charge in [-0.05, 0) is 25.1 Å². The number of methoxy groups -OCH3 is 1. The SMILES string of the molecule is COc1ccccc1-c1noc(C)c1-c1ccccc1[N+](=O)[O-]. The van der Waals surface area contributed by atoms with Crippen LogP contribution in [0, 0.1) is 17.0 Å². The molecule has 0 bridgehead atoms. The fourth-order valence-corrected chi connectivity index (χ4v) is 2.56. The van der Waals surface area contributed by atoms with Crippen LogP contribution in [0.2, 0.25) is 0 Å². The normalized spacial score (nSPS) is 10.5. The van der Waals surface area contributed by atoms with Crippen LogP contribution in [0.5, 0.6) is 5.75 Å². The Morgan fingerprint density at radius 3 is 2.43 bits per heavy atom. The second-order valence-electron chi connectivity index (χ2n) is 4.94. The molecule has 0 saturated carbocycles. The summed E-state index contributed by atoms with van der Waals surface area (Å²) in [7, 11) is 1.57. The minimum absolute atomic E-state index is 0.00921. The zero-order chi connectivity index (χ0) is 16.4. The number of aromatic nitrogens is 1. The lowest BCUT2D eigenvalue weighted by Gasteiger charge is -2.08. The highest BCUT2D eigenvalue weighted by Gasteiger charge is 2.24. The molecular weight excluding hydrogens is 296 g/mol. The monoisotopic (exact) mass is 310 g/mol. The number of hydrogen-bond acceptors (Lipinski definition) is 5. The molecule has 6 nitrogen and oxygen atoms in total. The standard InChI is InChI=1S/C17H14N2O4/c1-11-16(12-7-3-5-9-14(12)19(20)21)17(18-23-11)13-8-4-6-10-15(13)22-2/h3-10H,1-2H3. The summed E-state index contributed by atoms with van der Waals surface area (Å²) >= 11 is 0. The summed E-state index contributed by atoms with van der Waals surface area (Å²) in [5.74, 6) is 1.14. The summed E-state index contributed by atoms with van der Waals surface area (Å²) in [6.45, 7) is 1.73. The first-order chi connectivity index (χ1) is 11.1. The van der Waals surface area contributed by atoms with E-state index in [0.29, 0.717) is 28.3 Å². The molecule has 3 aromatic rings. The maximum absolute atomic E-state index is 11.3. The Hall–Kier alpha value is -3.15. The molecule has 1 heterocycles. The van der Waals surface area contributed by atoms with E-state index in [1.165, 1.54) is 6.07 Å². The minimum atomic E-state index is -0.409. The van der Waals surface area contributed by atoms with Crippen molar-refractivity contribution in [3.8, 4) is 28.1 Å². The van der Waals surface area contributed by atoms with Crippen LogP contribution in [0.3, 0.4) is 0 Å². The number of para-hydroxylation sites is 2. The van der Waals surface area contributed by atoms with Crippen LogP contribution >= 0.6 is 0 Å². The second kappa shape index (κ2) is 5.92. The smallest absolute Gasteiger partial charge is 0.277 e. The van der Waals surface area contributed by atoms with E-state index in [1.807, 2.05) is 24.3 Å². The Morgan fingerprint density at radius 2 is 1.74 bits per heavy atom. The minimum Gasteiger partial charge on any atom is -0.496 e. The highest BCUT2D eigenvalue weighted by Crippen LogP contribution is 2.41. The molecule has 0 amide bonds. The number of aryl methyl sites for hydroxylation is 1. The molecule has 0 spiro atoms. The quantitative estimate of drug-likeness (QED) is 0.532. The molecule has 23 heavy (non-hydrogen) atoms. The van der Waals surface area contributed by atoms with Crippen LogP contribution in [-0.4, -0.2) is 17.2 Å². The summed E-state index contributed by atoms with van der Waals surface area (Å²) < 4.78 is 10.7. The lowest BCUT2D eigenvalue weighted by molar-refractivity contribution is -0.384. The van der Waals surface area contributed by atoms with Gasteiger partial charge in [0, 0.05) is 11.6 Å². The van der Waals surface area contributed by atoms with E-state index in [2.05, 4.69) is 5.16 Å². The van der Waals surface area contributed by atoms with Crippen molar-refractivity contribution in [1.29, 1.82) is 0 Å². The van der Waals surface area contributed by atoms with E-state index in [1.54, 1.807) is 32.2 Å². The van der Waals surface area contributed by atoms with Crippen molar-refractivity contribution in [3.05, 3.63) is 64.4 Å². The Bertz CT molecular complexity index is 871. The first-order valence-electron chi connectivity index (χ1n) is 6.97. The zero-order valence-electron chi connectivity index (χ0n) is 12.6. The number of nitro groups is 1. The van der Waals surface area contributed by atoms with E-state index < -0.39 is 4.92 Å². The predicted octanol–water partition coefficient (Wildman–Crippen LogP) is 4.23. The Morgan fingerprint density at radius 1 is 1.09 bits per heavy atom. The fourth-order valence-electron chi connectivity index (χ4n) is 2.56. The fraction of sp³-hybridized carbons (Fsp3) is 0.118. The zero-order valence-corrected chi connectivity index (χ0v) is 12.6. The molecule has 0 aliphatic rings. The van der Waals surface area contributed by atoms with Gasteiger partial charge in [0.05, 0.1) is 23.2 Å². The summed E-state index contributed by atoms with van der Waals surface area (Å²) in [6, 6.07) is 13.9. The van der Waals surface area contributed by atoms with Gasteiger partial charge in [-0.15, -0.1) is 0 Å². The van der Waals surface area contributed by atoms with Crippen molar-refractivity contribution in [3.63, 3.8) is 0 Å². The maximum Gasteiger partial charge on any atom is 0.277 e. The molecule has 0 atom stereocenters. The van der Waals surface area contributed by atoms with Crippen molar-refractivity contribution in [2.75, 3.05) is 7.11 Å². The average molecular weight is 310 g/mol. The molecule has 0 aliphatic carbocycles. The highest BCUT2D eigenvalue weighted by molar-refractivity contribution is 5.88. The molecule has 2 aromatic carbocycles. The molecule has 0 N–H and O–H groups in total. The molecule has 0 aliphatic heterocycles. The molecule has 116 valence electrons. The first-order valence-corrected chi connectivity index (χ1v) is 6.97. The van der Waals surface area contributed by atoms with Gasteiger partial charge in [0.25, 0.3) is 5.69 Å². The highest BCUT2D eigenvalue weighted by atomic mass is 16.6. The molecule has 0 saturated heterocycles. The van der Waals surface area contributed by atoms with Gasteiger partial charge in [-0.1, -0.05) is 29.4 Å². The third-order valence-electron chi connectivity index (χ3n) is 3.59. The molecule has 0 radical (unpaired) electrons. The first kappa shape index (κ1) is 14.8. The molecule has 6 heteroatoms. The van der Waals surface area contributed by atoms with Crippen molar-refractivity contribution >= 4 is 5.69 Å². The van der Waals surface area contributed by atoms with Gasteiger partial charge < -0.3 is 9.26 Å². The van der Waals surface area contributed by atoms with Crippen molar-refractivity contribution in [1.82, 2.24) is 5.16 Å². The lowest BCUT2D eigenvalue weighted by atomic mass is 9.97. The van der Waals surface area contributed by atoms with Crippen LogP contribution < -0.4 is 4.74 Å². The van der Waals surface area contributed by atoms with E-state index in [4.69, 9.17) is 9.26 Å². The molecule has 3 rings (SSSR count). The summed E-state index contributed by atoms with van der Waals surface area (Å²) in [5.41, 5.74) is 2.32. The van der Waals surface area contributed by atoms with Gasteiger partial charge in [0.1, 0.15) is 17.2 Å². The van der Waals surface area contributed by atoms with Gasteiger partial charge in [-0.2, -0.15) is 0 Å². The van der Waals surface area contributed by atoms with Crippen molar-refractivity contribution in [2.45, 2.75) is 6.92 Å².